The largest absolute Gasteiger partial charge is 0.399 e. The predicted molar refractivity (Wildman–Crippen MR) is 126 cm³/mol. The van der Waals surface area contributed by atoms with Crippen molar-refractivity contribution in [2.24, 2.45) is 11.7 Å². The smallest absolute Gasteiger partial charge is 0.275 e. The highest BCUT2D eigenvalue weighted by Gasteiger charge is 2.21. The number of nitrogens with two attached hydrogens (primary N) is 2. The number of nitrogens with zero attached hydrogens (tertiary/aromatic N) is 4. The maximum absolute atomic E-state index is 12.9. The summed E-state index contributed by atoms with van der Waals surface area (Å²) in [5.74, 6) is 0.248. The summed E-state index contributed by atoms with van der Waals surface area (Å²) in [6, 6.07) is 5.71. The van der Waals surface area contributed by atoms with Gasteiger partial charge in [-0.05, 0) is 37.0 Å². The van der Waals surface area contributed by atoms with Gasteiger partial charge in [0.15, 0.2) is 0 Å². The van der Waals surface area contributed by atoms with Gasteiger partial charge in [-0.15, -0.1) is 11.3 Å². The number of aromatic nitrogens is 3. The normalized spacial score (nSPS) is 16.6. The lowest BCUT2D eigenvalue weighted by molar-refractivity contribution is 0.102. The van der Waals surface area contributed by atoms with Crippen molar-refractivity contribution in [2.75, 3.05) is 29.0 Å². The second-order valence-corrected chi connectivity index (χ2v) is 9.32. The second-order valence-electron chi connectivity index (χ2n) is 8.46. The Balaban J connectivity index is 1.51. The number of carbonyl (C=O) groups is 1. The Morgan fingerprint density at radius 1 is 1.39 bits per heavy atom. The minimum Gasteiger partial charge on any atom is -0.399 e. The van der Waals surface area contributed by atoms with Gasteiger partial charge in [0.05, 0.1) is 17.6 Å². The average molecular weight is 440 g/mol. The molecule has 0 aliphatic carbocycles. The first-order chi connectivity index (χ1) is 14.9. The Labute approximate surface area is 186 Å². The fourth-order valence-corrected chi connectivity index (χ4v) is 4.58. The van der Waals surface area contributed by atoms with Crippen LogP contribution in [0.4, 0.5) is 17.1 Å². The van der Waals surface area contributed by atoms with E-state index in [1.807, 2.05) is 23.0 Å². The summed E-state index contributed by atoms with van der Waals surface area (Å²) in [4.78, 5) is 19.7. The Morgan fingerprint density at radius 3 is 3.00 bits per heavy atom. The third-order valence-electron chi connectivity index (χ3n) is 5.24. The zero-order chi connectivity index (χ0) is 22.0. The zero-order valence-electron chi connectivity index (χ0n) is 17.9. The number of nitrogens with one attached hydrogen (secondary N) is 1. The summed E-state index contributed by atoms with van der Waals surface area (Å²) in [5, 5.41) is 9.93. The summed E-state index contributed by atoms with van der Waals surface area (Å²) in [5.41, 5.74) is 15.6. The van der Waals surface area contributed by atoms with Crippen LogP contribution in [0.5, 0.6) is 0 Å². The van der Waals surface area contributed by atoms with Crippen LogP contribution in [-0.2, 0) is 6.54 Å². The third-order valence-corrected chi connectivity index (χ3v) is 6.13. The minimum absolute atomic E-state index is 0.132. The van der Waals surface area contributed by atoms with Crippen molar-refractivity contribution in [3.05, 3.63) is 41.7 Å². The van der Waals surface area contributed by atoms with Crippen molar-refractivity contribution in [3.63, 3.8) is 0 Å². The number of benzene rings is 1. The first-order valence-electron chi connectivity index (χ1n) is 10.6. The van der Waals surface area contributed by atoms with Crippen molar-refractivity contribution in [2.45, 2.75) is 39.3 Å². The fourth-order valence-electron chi connectivity index (χ4n) is 3.80. The molecule has 1 saturated heterocycles. The first kappa shape index (κ1) is 21.3. The third kappa shape index (κ3) is 5.05. The molecule has 1 aliphatic heterocycles. The van der Waals surface area contributed by atoms with Crippen LogP contribution in [0.1, 0.15) is 37.2 Å². The highest BCUT2D eigenvalue weighted by Crippen LogP contribution is 2.31. The van der Waals surface area contributed by atoms with Crippen LogP contribution in [0.25, 0.3) is 10.6 Å². The summed E-state index contributed by atoms with van der Waals surface area (Å²) < 4.78 is 1.91. The van der Waals surface area contributed by atoms with Gasteiger partial charge in [0.25, 0.3) is 5.91 Å². The molecule has 1 aliphatic rings. The van der Waals surface area contributed by atoms with E-state index >= 15 is 0 Å². The molecule has 0 saturated carbocycles. The number of anilines is 3. The fraction of sp³-hybridized carbons (Fsp3) is 0.409. The average Bonchev–Trinajstić information content (AvgIpc) is 3.37. The van der Waals surface area contributed by atoms with E-state index in [4.69, 9.17) is 11.5 Å². The molecular formula is C22H29N7OS. The molecule has 0 radical (unpaired) electrons. The van der Waals surface area contributed by atoms with Crippen LogP contribution >= 0.6 is 11.3 Å². The molecule has 0 bridgehead atoms. The molecule has 0 unspecified atom stereocenters. The molecule has 0 spiro atoms. The second kappa shape index (κ2) is 9.07. The maximum Gasteiger partial charge on any atom is 0.275 e. The molecule has 1 atom stereocenters. The molecule has 31 heavy (non-hydrogen) atoms. The molecule has 1 aromatic carbocycles. The lowest BCUT2D eigenvalue weighted by Gasteiger charge is -2.34. The summed E-state index contributed by atoms with van der Waals surface area (Å²) in [6.07, 6.45) is 5.80. The van der Waals surface area contributed by atoms with E-state index in [9.17, 15) is 4.79 Å². The van der Waals surface area contributed by atoms with Gasteiger partial charge in [0.1, 0.15) is 10.7 Å². The van der Waals surface area contributed by atoms with Gasteiger partial charge in [0.2, 0.25) is 0 Å². The number of carbonyl (C=O) groups excluding carboxylic acids is 1. The lowest BCUT2D eigenvalue weighted by atomic mass is 10.1. The molecule has 5 N–H and O–H groups in total. The highest BCUT2D eigenvalue weighted by molar-refractivity contribution is 7.13. The number of rotatable bonds is 6. The topological polar surface area (TPSA) is 115 Å². The van der Waals surface area contributed by atoms with Crippen molar-refractivity contribution < 1.29 is 4.79 Å². The van der Waals surface area contributed by atoms with Crippen molar-refractivity contribution in [1.29, 1.82) is 0 Å². The van der Waals surface area contributed by atoms with Gasteiger partial charge >= 0.3 is 0 Å². The van der Waals surface area contributed by atoms with E-state index in [1.54, 1.807) is 17.6 Å². The van der Waals surface area contributed by atoms with E-state index < -0.39 is 0 Å². The number of amides is 1. The monoisotopic (exact) mass is 439 g/mol. The number of piperidine rings is 1. The molecular weight excluding hydrogens is 410 g/mol. The maximum atomic E-state index is 12.9. The number of thiazole rings is 1. The minimum atomic E-state index is -0.259. The van der Waals surface area contributed by atoms with E-state index in [2.05, 4.69) is 34.1 Å². The van der Waals surface area contributed by atoms with Crippen LogP contribution in [0.15, 0.2) is 36.0 Å². The van der Waals surface area contributed by atoms with Gasteiger partial charge in [-0.3, -0.25) is 9.48 Å². The molecule has 2 aromatic heterocycles. The predicted octanol–water partition coefficient (Wildman–Crippen LogP) is 3.42. The highest BCUT2D eigenvalue weighted by atomic mass is 32.1. The Morgan fingerprint density at radius 2 is 2.23 bits per heavy atom. The van der Waals surface area contributed by atoms with E-state index in [0.717, 1.165) is 48.7 Å². The molecule has 3 heterocycles. The Bertz CT molecular complexity index is 1060. The molecule has 1 amide bonds. The summed E-state index contributed by atoms with van der Waals surface area (Å²) in [6.45, 7) is 6.80. The van der Waals surface area contributed by atoms with E-state index in [1.165, 1.54) is 11.3 Å². The van der Waals surface area contributed by atoms with Crippen LogP contribution in [0, 0.1) is 5.92 Å². The van der Waals surface area contributed by atoms with Gasteiger partial charge < -0.3 is 21.7 Å². The van der Waals surface area contributed by atoms with Crippen molar-refractivity contribution in [1.82, 2.24) is 14.8 Å². The molecule has 164 valence electrons. The van der Waals surface area contributed by atoms with Crippen molar-refractivity contribution >= 4 is 34.3 Å². The SMILES string of the molecule is CC(C)Cn1cc(-c2nc(C(=O)Nc3cc(N)ccc3N3CCC[C@@H](N)C3)cs2)cn1. The quantitative estimate of drug-likeness (QED) is 0.507. The van der Waals surface area contributed by atoms with Gasteiger partial charge in [-0.1, -0.05) is 13.8 Å². The standard InChI is InChI=1S/C22H29N7OS/c1-14(2)10-29-11-15(9-25-29)22-27-19(13-31-22)21(30)26-18-8-16(23)5-6-20(18)28-7-3-4-17(24)12-28/h5-6,8-9,11,13-14,17H,3-4,7,10,12,23-24H2,1-2H3,(H,26,30)/t17-/m1/s1. The lowest BCUT2D eigenvalue weighted by Crippen LogP contribution is -2.43. The Hall–Kier alpha value is -2.91. The van der Waals surface area contributed by atoms with E-state index in [0.29, 0.717) is 23.0 Å². The first-order valence-corrected chi connectivity index (χ1v) is 11.5. The van der Waals surface area contributed by atoms with Crippen LogP contribution in [0.3, 0.4) is 0 Å². The van der Waals surface area contributed by atoms with E-state index in [-0.39, 0.29) is 11.9 Å². The molecule has 3 aromatic rings. The number of nitrogen functional groups attached to an aromatic ring is 1. The van der Waals surface area contributed by atoms with Crippen LogP contribution in [0.2, 0.25) is 0 Å². The number of hydrogen-bond donors (Lipinski definition) is 3. The number of hydrogen-bond acceptors (Lipinski definition) is 7. The van der Waals surface area contributed by atoms with Crippen LogP contribution < -0.4 is 21.7 Å². The summed E-state index contributed by atoms with van der Waals surface area (Å²) in [7, 11) is 0. The van der Waals surface area contributed by atoms with Crippen molar-refractivity contribution in [3.8, 4) is 10.6 Å². The molecule has 4 rings (SSSR count). The van der Waals surface area contributed by atoms with Gasteiger partial charge in [-0.25, -0.2) is 4.98 Å². The molecule has 9 heteroatoms. The zero-order valence-corrected chi connectivity index (χ0v) is 18.7. The van der Waals surface area contributed by atoms with Gasteiger partial charge in [0, 0.05) is 48.5 Å². The summed E-state index contributed by atoms with van der Waals surface area (Å²) >= 11 is 1.43. The van der Waals surface area contributed by atoms with Crippen LogP contribution in [-0.4, -0.2) is 39.8 Å². The Kier molecular flexibility index (Phi) is 6.24. The van der Waals surface area contributed by atoms with Gasteiger partial charge in [-0.2, -0.15) is 5.10 Å². The molecule has 1 fully saturated rings. The molecule has 8 nitrogen and oxygen atoms in total.